The molecule has 27 heavy (non-hydrogen) atoms. The zero-order valence-electron chi connectivity index (χ0n) is 16.0. The first-order valence-electron chi connectivity index (χ1n) is 8.90. The molecule has 0 spiro atoms. The summed E-state index contributed by atoms with van der Waals surface area (Å²) in [6.07, 6.45) is 3.30. The molecule has 0 saturated heterocycles. The number of hydrogen-bond donors (Lipinski definition) is 2. The van der Waals surface area contributed by atoms with Crippen LogP contribution >= 0.6 is 11.8 Å². The lowest BCUT2D eigenvalue weighted by atomic mass is 10.2. The van der Waals surface area contributed by atoms with Crippen LogP contribution in [0.2, 0.25) is 0 Å². The van der Waals surface area contributed by atoms with E-state index in [2.05, 4.69) is 15.2 Å². The average molecular weight is 391 g/mol. The first kappa shape index (κ1) is 20.8. The smallest absolute Gasteiger partial charge is 0.342 e. The number of H-pyrrole nitrogens is 1. The van der Waals surface area contributed by atoms with Crippen LogP contribution in [0.3, 0.4) is 0 Å². The van der Waals surface area contributed by atoms with Gasteiger partial charge in [-0.3, -0.25) is 5.10 Å². The number of carboxylic acid groups (broad SMARTS) is 1. The van der Waals surface area contributed by atoms with Crippen molar-refractivity contribution in [2.45, 2.75) is 51.8 Å². The number of nitrogens with zero attached hydrogens (tertiary/aromatic N) is 2. The summed E-state index contributed by atoms with van der Waals surface area (Å²) in [6, 6.07) is 5.35. The number of aromatic amines is 1. The summed E-state index contributed by atoms with van der Waals surface area (Å²) in [6.45, 7) is 8.29. The van der Waals surface area contributed by atoms with Crippen molar-refractivity contribution in [1.29, 1.82) is 0 Å². The number of aryl methyl sites for hydroxylation is 1. The van der Waals surface area contributed by atoms with Gasteiger partial charge < -0.3 is 14.6 Å². The number of rotatable bonds is 10. The number of benzene rings is 1. The SMILES string of the molecule is CCCc1nc(S/C(=C/c2ccc(OC(C)C)c(OCC)c2)C(=O)O)n[nH]1. The van der Waals surface area contributed by atoms with Crippen molar-refractivity contribution in [3.8, 4) is 11.5 Å². The van der Waals surface area contributed by atoms with Crippen LogP contribution in [0.15, 0.2) is 28.3 Å². The molecule has 146 valence electrons. The van der Waals surface area contributed by atoms with Crippen LogP contribution in [0.5, 0.6) is 11.5 Å². The quantitative estimate of drug-likeness (QED) is 0.463. The molecule has 8 heteroatoms. The van der Waals surface area contributed by atoms with E-state index >= 15 is 0 Å². The molecular weight excluding hydrogens is 366 g/mol. The number of ether oxygens (including phenoxy) is 2. The summed E-state index contributed by atoms with van der Waals surface area (Å²) in [5.74, 6) is 0.922. The molecule has 1 aromatic heterocycles. The minimum absolute atomic E-state index is 0.0128. The zero-order chi connectivity index (χ0) is 19.8. The molecule has 7 nitrogen and oxygen atoms in total. The van der Waals surface area contributed by atoms with Crippen LogP contribution in [-0.4, -0.2) is 39.0 Å². The Labute approximate surface area is 163 Å². The molecule has 0 bridgehead atoms. The third-order valence-corrected chi connectivity index (χ3v) is 4.22. The molecule has 2 rings (SSSR count). The van der Waals surface area contributed by atoms with E-state index in [9.17, 15) is 9.90 Å². The fraction of sp³-hybridized carbons (Fsp3) is 0.421. The second-order valence-corrected chi connectivity index (χ2v) is 7.05. The number of nitrogens with one attached hydrogen (secondary N) is 1. The van der Waals surface area contributed by atoms with Gasteiger partial charge in [-0.1, -0.05) is 13.0 Å². The van der Waals surface area contributed by atoms with Gasteiger partial charge in [0.15, 0.2) is 11.5 Å². The third-order valence-electron chi connectivity index (χ3n) is 3.34. The Bertz CT molecular complexity index is 802. The second kappa shape index (κ2) is 10.0. The van der Waals surface area contributed by atoms with Crippen LogP contribution in [0.1, 0.15) is 45.5 Å². The van der Waals surface area contributed by atoms with E-state index in [1.165, 1.54) is 0 Å². The van der Waals surface area contributed by atoms with Crippen molar-refractivity contribution in [3.05, 3.63) is 34.5 Å². The summed E-state index contributed by atoms with van der Waals surface area (Å²) < 4.78 is 11.4. The van der Waals surface area contributed by atoms with Crippen molar-refractivity contribution >= 4 is 23.8 Å². The number of aliphatic carboxylic acids is 1. The van der Waals surface area contributed by atoms with E-state index in [-0.39, 0.29) is 11.0 Å². The Kier molecular flexibility index (Phi) is 7.72. The molecule has 2 aromatic rings. The fourth-order valence-electron chi connectivity index (χ4n) is 2.29. The van der Waals surface area contributed by atoms with Crippen LogP contribution in [0.4, 0.5) is 0 Å². The maximum absolute atomic E-state index is 11.7. The highest BCUT2D eigenvalue weighted by atomic mass is 32.2. The molecule has 2 N–H and O–H groups in total. The number of aromatic nitrogens is 3. The van der Waals surface area contributed by atoms with Crippen molar-refractivity contribution in [2.24, 2.45) is 0 Å². The molecule has 1 aromatic carbocycles. The predicted molar refractivity (Wildman–Crippen MR) is 105 cm³/mol. The van der Waals surface area contributed by atoms with Gasteiger partial charge in [0.2, 0.25) is 5.16 Å². The lowest BCUT2D eigenvalue weighted by Crippen LogP contribution is -2.07. The van der Waals surface area contributed by atoms with Gasteiger partial charge in [-0.05, 0) is 62.7 Å². The largest absolute Gasteiger partial charge is 0.490 e. The number of carboxylic acids is 1. The molecule has 0 fully saturated rings. The fourth-order valence-corrected chi connectivity index (χ4v) is 3.02. The molecule has 0 aliphatic rings. The number of carbonyl (C=O) groups is 1. The van der Waals surface area contributed by atoms with E-state index in [0.29, 0.717) is 28.8 Å². The highest BCUT2D eigenvalue weighted by Gasteiger charge is 2.15. The molecule has 0 aliphatic heterocycles. The minimum Gasteiger partial charge on any atom is -0.490 e. The first-order chi connectivity index (χ1) is 12.9. The van der Waals surface area contributed by atoms with Crippen LogP contribution in [0.25, 0.3) is 6.08 Å². The summed E-state index contributed by atoms with van der Waals surface area (Å²) in [5, 5.41) is 16.8. The van der Waals surface area contributed by atoms with E-state index in [1.54, 1.807) is 24.3 Å². The maximum atomic E-state index is 11.7. The highest BCUT2D eigenvalue weighted by Crippen LogP contribution is 2.32. The van der Waals surface area contributed by atoms with E-state index in [0.717, 1.165) is 30.4 Å². The lowest BCUT2D eigenvalue weighted by Gasteiger charge is -2.15. The summed E-state index contributed by atoms with van der Waals surface area (Å²) in [4.78, 5) is 16.1. The predicted octanol–water partition coefficient (Wildman–Crippen LogP) is 4.16. The number of thioether (sulfide) groups is 1. The Morgan fingerprint density at radius 1 is 1.33 bits per heavy atom. The van der Waals surface area contributed by atoms with E-state index in [4.69, 9.17) is 9.47 Å². The molecule has 0 unspecified atom stereocenters. The van der Waals surface area contributed by atoms with Crippen molar-refractivity contribution in [2.75, 3.05) is 6.61 Å². The van der Waals surface area contributed by atoms with Gasteiger partial charge in [-0.15, -0.1) is 5.10 Å². The molecule has 0 aliphatic carbocycles. The normalized spacial score (nSPS) is 11.7. The summed E-state index contributed by atoms with van der Waals surface area (Å²) in [5.41, 5.74) is 0.698. The Balaban J connectivity index is 2.27. The molecule has 0 radical (unpaired) electrons. The van der Waals surface area contributed by atoms with Crippen molar-refractivity contribution in [1.82, 2.24) is 15.2 Å². The van der Waals surface area contributed by atoms with Gasteiger partial charge in [-0.25, -0.2) is 9.78 Å². The Morgan fingerprint density at radius 3 is 2.74 bits per heavy atom. The van der Waals surface area contributed by atoms with Gasteiger partial charge in [-0.2, -0.15) is 0 Å². The zero-order valence-corrected chi connectivity index (χ0v) is 16.8. The standard InChI is InChI=1S/C19H25N3O4S/c1-5-7-17-20-19(22-21-17)27-16(18(23)24)11-13-8-9-14(26-12(3)4)15(10-13)25-6-2/h8-12H,5-7H2,1-4H3,(H,23,24)(H,20,21,22)/b16-11+. The second-order valence-electron chi connectivity index (χ2n) is 6.04. The van der Waals surface area contributed by atoms with E-state index in [1.807, 2.05) is 27.7 Å². The summed E-state index contributed by atoms with van der Waals surface area (Å²) in [7, 11) is 0. The van der Waals surface area contributed by atoms with E-state index < -0.39 is 5.97 Å². The lowest BCUT2D eigenvalue weighted by molar-refractivity contribution is -0.131. The van der Waals surface area contributed by atoms with Gasteiger partial charge in [0.25, 0.3) is 0 Å². The van der Waals surface area contributed by atoms with Crippen LogP contribution < -0.4 is 9.47 Å². The first-order valence-corrected chi connectivity index (χ1v) is 9.72. The Hall–Kier alpha value is -2.48. The van der Waals surface area contributed by atoms with Crippen molar-refractivity contribution in [3.63, 3.8) is 0 Å². The Morgan fingerprint density at radius 2 is 2.11 bits per heavy atom. The van der Waals surface area contributed by atoms with Crippen molar-refractivity contribution < 1.29 is 19.4 Å². The topological polar surface area (TPSA) is 97.3 Å². The third kappa shape index (κ3) is 6.32. The molecule has 1 heterocycles. The monoisotopic (exact) mass is 391 g/mol. The molecule has 0 saturated carbocycles. The van der Waals surface area contributed by atoms with Gasteiger partial charge >= 0.3 is 5.97 Å². The molecule has 0 atom stereocenters. The van der Waals surface area contributed by atoms with Gasteiger partial charge in [0.05, 0.1) is 12.7 Å². The van der Waals surface area contributed by atoms with Crippen LogP contribution in [0, 0.1) is 0 Å². The summed E-state index contributed by atoms with van der Waals surface area (Å²) >= 11 is 1.01. The number of hydrogen-bond acceptors (Lipinski definition) is 6. The molecule has 0 amide bonds. The molecular formula is C19H25N3O4S. The van der Waals surface area contributed by atoms with Gasteiger partial charge in [0.1, 0.15) is 10.7 Å². The van der Waals surface area contributed by atoms with Crippen LogP contribution in [-0.2, 0) is 11.2 Å². The highest BCUT2D eigenvalue weighted by molar-refractivity contribution is 8.04. The average Bonchev–Trinajstić information content (AvgIpc) is 3.04. The minimum atomic E-state index is -1.04. The van der Waals surface area contributed by atoms with Gasteiger partial charge in [0, 0.05) is 6.42 Å². The maximum Gasteiger partial charge on any atom is 0.342 e.